The van der Waals surface area contributed by atoms with Gasteiger partial charge in [0.05, 0.1) is 13.2 Å². The van der Waals surface area contributed by atoms with Crippen molar-refractivity contribution in [2.75, 3.05) is 68.4 Å². The van der Waals surface area contributed by atoms with Gasteiger partial charge < -0.3 is 20.7 Å². The molecule has 1 aromatic carbocycles. The molecule has 0 unspecified atom stereocenters. The largest absolute Gasteiger partial charge is 0.379 e. The second-order valence-corrected chi connectivity index (χ2v) is 9.52. The standard InChI is InChI=1S/C25H37N7O/c26-25-28-23(27-21-6-10-30(11-7-21)19-20-4-2-1-3-5-20)18-24(29-25)32-12-8-22(9-13-32)31-14-16-33-17-15-31/h1-5,18,21-22H,6-17,19H2,(H3,26,27,28,29). The van der Waals surface area contributed by atoms with Crippen molar-refractivity contribution in [1.82, 2.24) is 19.8 Å². The highest BCUT2D eigenvalue weighted by atomic mass is 16.5. The van der Waals surface area contributed by atoms with Crippen LogP contribution in [0.4, 0.5) is 17.6 Å². The Labute approximate surface area is 197 Å². The highest BCUT2D eigenvalue weighted by Crippen LogP contribution is 2.25. The topological polar surface area (TPSA) is 82.8 Å². The highest BCUT2D eigenvalue weighted by molar-refractivity contribution is 5.53. The molecule has 178 valence electrons. The molecular weight excluding hydrogens is 414 g/mol. The summed E-state index contributed by atoms with van der Waals surface area (Å²) in [5, 5.41) is 3.64. The molecule has 0 saturated carbocycles. The first-order valence-corrected chi connectivity index (χ1v) is 12.5. The van der Waals surface area contributed by atoms with Crippen molar-refractivity contribution < 1.29 is 4.74 Å². The van der Waals surface area contributed by atoms with Crippen LogP contribution in [0.3, 0.4) is 0 Å². The predicted octanol–water partition coefficient (Wildman–Crippen LogP) is 2.44. The van der Waals surface area contributed by atoms with Crippen LogP contribution in [0.15, 0.2) is 36.4 Å². The van der Waals surface area contributed by atoms with Crippen molar-refractivity contribution in [2.24, 2.45) is 0 Å². The monoisotopic (exact) mass is 451 g/mol. The van der Waals surface area contributed by atoms with Crippen LogP contribution in [0.25, 0.3) is 0 Å². The average Bonchev–Trinajstić information content (AvgIpc) is 2.86. The van der Waals surface area contributed by atoms with Gasteiger partial charge >= 0.3 is 0 Å². The van der Waals surface area contributed by atoms with Gasteiger partial charge in [-0.2, -0.15) is 9.97 Å². The molecule has 5 rings (SSSR count). The average molecular weight is 452 g/mol. The number of hydrogen-bond donors (Lipinski definition) is 2. The summed E-state index contributed by atoms with van der Waals surface area (Å²) in [5.41, 5.74) is 7.49. The van der Waals surface area contributed by atoms with E-state index in [2.05, 4.69) is 66.4 Å². The van der Waals surface area contributed by atoms with E-state index in [4.69, 9.17) is 10.5 Å². The maximum atomic E-state index is 6.10. The van der Waals surface area contributed by atoms with E-state index in [1.165, 1.54) is 5.56 Å². The third kappa shape index (κ3) is 5.93. The lowest BCUT2D eigenvalue weighted by Crippen LogP contribution is -2.49. The molecule has 0 atom stereocenters. The van der Waals surface area contributed by atoms with Gasteiger partial charge in [-0.25, -0.2) is 0 Å². The van der Waals surface area contributed by atoms with Crippen LogP contribution in [0.2, 0.25) is 0 Å². The Bertz CT molecular complexity index is 874. The summed E-state index contributed by atoms with van der Waals surface area (Å²) in [4.78, 5) is 16.5. The van der Waals surface area contributed by atoms with Gasteiger partial charge in [0.25, 0.3) is 0 Å². The fourth-order valence-electron chi connectivity index (χ4n) is 5.38. The smallest absolute Gasteiger partial charge is 0.223 e. The molecule has 4 heterocycles. The number of nitrogen functional groups attached to an aromatic ring is 1. The lowest BCUT2D eigenvalue weighted by Gasteiger charge is -2.40. The van der Waals surface area contributed by atoms with Gasteiger partial charge in [-0.05, 0) is 31.2 Å². The molecule has 0 aliphatic carbocycles. The first kappa shape index (κ1) is 22.4. The molecule has 8 heteroatoms. The predicted molar refractivity (Wildman–Crippen MR) is 132 cm³/mol. The minimum absolute atomic E-state index is 0.354. The lowest BCUT2D eigenvalue weighted by molar-refractivity contribution is 0.0115. The Kier molecular flexibility index (Phi) is 7.24. The zero-order valence-electron chi connectivity index (χ0n) is 19.5. The number of rotatable bonds is 6. The Morgan fingerprint density at radius 1 is 0.909 bits per heavy atom. The number of piperidine rings is 2. The van der Waals surface area contributed by atoms with Crippen molar-refractivity contribution in [3.05, 3.63) is 42.0 Å². The van der Waals surface area contributed by atoms with Crippen LogP contribution in [-0.2, 0) is 11.3 Å². The SMILES string of the molecule is Nc1nc(NC2CCN(Cc3ccccc3)CC2)cc(N2CCC(N3CCOCC3)CC2)n1. The molecule has 33 heavy (non-hydrogen) atoms. The molecule has 0 spiro atoms. The van der Waals surface area contributed by atoms with E-state index in [1.54, 1.807) is 0 Å². The number of nitrogens with zero attached hydrogens (tertiary/aromatic N) is 5. The molecular formula is C25H37N7O. The number of benzene rings is 1. The van der Waals surface area contributed by atoms with E-state index in [-0.39, 0.29) is 0 Å². The van der Waals surface area contributed by atoms with Gasteiger partial charge in [0, 0.05) is 64.0 Å². The molecule has 3 aliphatic rings. The number of nitrogens with one attached hydrogen (secondary N) is 1. The van der Waals surface area contributed by atoms with Crippen molar-refractivity contribution in [3.8, 4) is 0 Å². The van der Waals surface area contributed by atoms with Crippen molar-refractivity contribution in [2.45, 2.75) is 44.3 Å². The van der Waals surface area contributed by atoms with Gasteiger partial charge in [-0.15, -0.1) is 0 Å². The second-order valence-electron chi connectivity index (χ2n) is 9.52. The summed E-state index contributed by atoms with van der Waals surface area (Å²) in [5.74, 6) is 2.16. The zero-order chi connectivity index (χ0) is 22.5. The molecule has 8 nitrogen and oxygen atoms in total. The fourth-order valence-corrected chi connectivity index (χ4v) is 5.38. The second kappa shape index (κ2) is 10.7. The van der Waals surface area contributed by atoms with Crippen molar-refractivity contribution in [3.63, 3.8) is 0 Å². The third-order valence-corrected chi connectivity index (χ3v) is 7.27. The molecule has 3 saturated heterocycles. The van der Waals surface area contributed by atoms with Crippen molar-refractivity contribution >= 4 is 17.6 Å². The summed E-state index contributed by atoms with van der Waals surface area (Å²) in [7, 11) is 0. The number of ether oxygens (including phenoxy) is 1. The number of morpholine rings is 1. The van der Waals surface area contributed by atoms with E-state index in [0.717, 1.165) is 96.3 Å². The fraction of sp³-hybridized carbons (Fsp3) is 0.600. The van der Waals surface area contributed by atoms with Gasteiger partial charge in [0.2, 0.25) is 5.95 Å². The molecule has 3 aliphatic heterocycles. The minimum Gasteiger partial charge on any atom is -0.379 e. The number of aromatic nitrogens is 2. The molecule has 1 aromatic heterocycles. The minimum atomic E-state index is 0.354. The summed E-state index contributed by atoms with van der Waals surface area (Å²) in [6.07, 6.45) is 4.53. The maximum absolute atomic E-state index is 6.10. The number of likely N-dealkylation sites (tertiary alicyclic amines) is 1. The Hall–Kier alpha value is -2.42. The highest BCUT2D eigenvalue weighted by Gasteiger charge is 2.27. The molecule has 3 fully saturated rings. The van der Waals surface area contributed by atoms with E-state index < -0.39 is 0 Å². The maximum Gasteiger partial charge on any atom is 0.223 e. The summed E-state index contributed by atoms with van der Waals surface area (Å²) in [6, 6.07) is 13.9. The van der Waals surface area contributed by atoms with Gasteiger partial charge in [0.15, 0.2) is 0 Å². The van der Waals surface area contributed by atoms with E-state index in [0.29, 0.717) is 18.0 Å². The Morgan fingerprint density at radius 2 is 1.64 bits per heavy atom. The first-order chi connectivity index (χ1) is 16.2. The molecule has 0 amide bonds. The van der Waals surface area contributed by atoms with Gasteiger partial charge in [0.1, 0.15) is 11.6 Å². The number of nitrogens with two attached hydrogens (primary N) is 1. The van der Waals surface area contributed by atoms with Crippen molar-refractivity contribution in [1.29, 1.82) is 0 Å². The van der Waals surface area contributed by atoms with E-state index >= 15 is 0 Å². The van der Waals surface area contributed by atoms with E-state index in [1.807, 2.05) is 0 Å². The molecule has 2 aromatic rings. The summed E-state index contributed by atoms with van der Waals surface area (Å²) < 4.78 is 5.51. The number of hydrogen-bond acceptors (Lipinski definition) is 8. The summed E-state index contributed by atoms with van der Waals surface area (Å²) in [6.45, 7) is 9.08. The Morgan fingerprint density at radius 3 is 2.36 bits per heavy atom. The van der Waals surface area contributed by atoms with Crippen LogP contribution in [0.5, 0.6) is 0 Å². The zero-order valence-corrected chi connectivity index (χ0v) is 19.5. The van der Waals surface area contributed by atoms with Crippen LogP contribution in [0.1, 0.15) is 31.2 Å². The Balaban J connectivity index is 1.13. The first-order valence-electron chi connectivity index (χ1n) is 12.5. The number of anilines is 3. The lowest BCUT2D eigenvalue weighted by atomic mass is 10.0. The van der Waals surface area contributed by atoms with Gasteiger partial charge in [-0.3, -0.25) is 9.80 Å². The third-order valence-electron chi connectivity index (χ3n) is 7.27. The van der Waals surface area contributed by atoms with Gasteiger partial charge in [-0.1, -0.05) is 30.3 Å². The normalized spacial score (nSPS) is 21.9. The molecule has 3 N–H and O–H groups in total. The summed E-state index contributed by atoms with van der Waals surface area (Å²) >= 11 is 0. The van der Waals surface area contributed by atoms with Crippen LogP contribution in [0, 0.1) is 0 Å². The van der Waals surface area contributed by atoms with E-state index in [9.17, 15) is 0 Å². The molecule has 0 bridgehead atoms. The quantitative estimate of drug-likeness (QED) is 0.693. The van der Waals surface area contributed by atoms with Crippen LogP contribution >= 0.6 is 0 Å². The van der Waals surface area contributed by atoms with Crippen LogP contribution < -0.4 is 16.0 Å². The molecule has 0 radical (unpaired) electrons. The van der Waals surface area contributed by atoms with Crippen LogP contribution in [-0.4, -0.2) is 84.3 Å².